The number of Topliss-reactive ketones (excluding diaryl/α,β-unsaturated/α-hetero) is 2. The standard InChI is InChI=1S/C34H34N2O6/c1-3-36-29-17-14-24(32(38)22-10-6-4-7-11-22)20-26(29)27-21-25(15-18-30(27)36)33(39)28(16-19-31(37)41-2)35-42-34(40)23-12-8-5-9-13-23/h5,8-9,12-15,17-18,20-22H,3-4,6-7,10-11,16,19H2,1-2H3. The van der Waals surface area contributed by atoms with Crippen LogP contribution in [-0.4, -0.2) is 40.9 Å². The number of ketones is 2. The van der Waals surface area contributed by atoms with Gasteiger partial charge < -0.3 is 14.1 Å². The molecule has 0 spiro atoms. The highest BCUT2D eigenvalue weighted by atomic mass is 16.7. The monoisotopic (exact) mass is 566 g/mol. The highest BCUT2D eigenvalue weighted by molar-refractivity contribution is 6.46. The van der Waals surface area contributed by atoms with E-state index in [0.717, 1.165) is 47.5 Å². The number of carbonyl (C=O) groups is 4. The molecular formula is C34H34N2O6. The number of carbonyl (C=O) groups excluding carboxylic acids is 4. The quantitative estimate of drug-likeness (QED) is 0.0678. The Kier molecular flexibility index (Phi) is 8.91. The van der Waals surface area contributed by atoms with Gasteiger partial charge in [0.05, 0.1) is 19.1 Å². The zero-order chi connectivity index (χ0) is 29.6. The molecule has 1 heterocycles. The summed E-state index contributed by atoms with van der Waals surface area (Å²) in [5.74, 6) is -1.45. The van der Waals surface area contributed by atoms with Crippen LogP contribution in [0.2, 0.25) is 0 Å². The molecule has 42 heavy (non-hydrogen) atoms. The third-order valence-electron chi connectivity index (χ3n) is 8.01. The third kappa shape index (κ3) is 6.03. The molecule has 3 aromatic carbocycles. The summed E-state index contributed by atoms with van der Waals surface area (Å²) in [5, 5.41) is 5.63. The van der Waals surface area contributed by atoms with Crippen LogP contribution in [0.5, 0.6) is 0 Å². The Morgan fingerprint density at radius 1 is 0.810 bits per heavy atom. The van der Waals surface area contributed by atoms with E-state index in [1.807, 2.05) is 24.3 Å². The molecule has 0 saturated heterocycles. The van der Waals surface area contributed by atoms with E-state index in [4.69, 9.17) is 9.57 Å². The molecule has 4 aromatic rings. The van der Waals surface area contributed by atoms with Crippen LogP contribution in [-0.2, 0) is 20.9 Å². The number of hydrogen-bond acceptors (Lipinski definition) is 7. The minimum absolute atomic E-state index is 0.0556. The zero-order valence-corrected chi connectivity index (χ0v) is 23.9. The lowest BCUT2D eigenvalue weighted by Crippen LogP contribution is -2.18. The number of ether oxygens (including phenoxy) is 1. The predicted molar refractivity (Wildman–Crippen MR) is 161 cm³/mol. The van der Waals surface area contributed by atoms with Gasteiger partial charge in [0.15, 0.2) is 5.78 Å². The molecule has 8 heteroatoms. The van der Waals surface area contributed by atoms with Crippen molar-refractivity contribution in [3.05, 3.63) is 83.4 Å². The summed E-state index contributed by atoms with van der Waals surface area (Å²) < 4.78 is 6.89. The summed E-state index contributed by atoms with van der Waals surface area (Å²) in [4.78, 5) is 56.5. The van der Waals surface area contributed by atoms with Crippen LogP contribution >= 0.6 is 0 Å². The van der Waals surface area contributed by atoms with Gasteiger partial charge in [-0.15, -0.1) is 0 Å². The lowest BCUT2D eigenvalue weighted by molar-refractivity contribution is -0.140. The number of aryl methyl sites for hydroxylation is 1. The van der Waals surface area contributed by atoms with Gasteiger partial charge in [-0.1, -0.05) is 42.6 Å². The molecule has 1 fully saturated rings. The van der Waals surface area contributed by atoms with Crippen LogP contribution in [0.4, 0.5) is 0 Å². The molecule has 0 N–H and O–H groups in total. The van der Waals surface area contributed by atoms with Crippen LogP contribution in [0.3, 0.4) is 0 Å². The number of esters is 1. The van der Waals surface area contributed by atoms with Crippen molar-refractivity contribution < 1.29 is 28.8 Å². The number of hydrogen-bond donors (Lipinski definition) is 0. The van der Waals surface area contributed by atoms with Gasteiger partial charge in [0.25, 0.3) is 0 Å². The molecule has 1 saturated carbocycles. The Hall–Kier alpha value is -4.59. The number of methoxy groups -OCH3 is 1. The smallest absolute Gasteiger partial charge is 0.365 e. The molecule has 0 aliphatic heterocycles. The summed E-state index contributed by atoms with van der Waals surface area (Å²) in [7, 11) is 1.26. The van der Waals surface area contributed by atoms with Crippen molar-refractivity contribution in [2.45, 2.75) is 58.4 Å². The fourth-order valence-corrected chi connectivity index (χ4v) is 5.75. The second-order valence-corrected chi connectivity index (χ2v) is 10.6. The first kappa shape index (κ1) is 28.9. The van der Waals surface area contributed by atoms with Gasteiger partial charge >= 0.3 is 11.9 Å². The molecule has 8 nitrogen and oxygen atoms in total. The normalized spacial score (nSPS) is 14.2. The van der Waals surface area contributed by atoms with E-state index < -0.39 is 17.7 Å². The number of fused-ring (bicyclic) bond motifs is 3. The molecule has 216 valence electrons. The van der Waals surface area contributed by atoms with E-state index in [1.54, 1.807) is 42.5 Å². The lowest BCUT2D eigenvalue weighted by Gasteiger charge is -2.20. The molecule has 0 unspecified atom stereocenters. The van der Waals surface area contributed by atoms with Crippen molar-refractivity contribution in [3.8, 4) is 0 Å². The Labute approximate surface area is 244 Å². The van der Waals surface area contributed by atoms with Gasteiger partial charge in [-0.2, -0.15) is 0 Å². The Bertz CT molecular complexity index is 1680. The van der Waals surface area contributed by atoms with Crippen LogP contribution in [0.15, 0.2) is 71.9 Å². The first-order valence-electron chi connectivity index (χ1n) is 14.5. The molecular weight excluding hydrogens is 532 g/mol. The van der Waals surface area contributed by atoms with Gasteiger partial charge in [0.1, 0.15) is 5.71 Å². The highest BCUT2D eigenvalue weighted by Gasteiger charge is 2.24. The molecule has 0 bridgehead atoms. The Morgan fingerprint density at radius 3 is 2.10 bits per heavy atom. The fraction of sp³-hybridized carbons (Fsp3) is 0.324. The van der Waals surface area contributed by atoms with Gasteiger partial charge in [-0.3, -0.25) is 14.4 Å². The van der Waals surface area contributed by atoms with Crippen LogP contribution in [0.1, 0.15) is 82.9 Å². The van der Waals surface area contributed by atoms with Gasteiger partial charge in [-0.05, 0) is 68.3 Å². The van der Waals surface area contributed by atoms with Gasteiger partial charge in [0.2, 0.25) is 5.78 Å². The largest absolute Gasteiger partial charge is 0.469 e. The van der Waals surface area contributed by atoms with Gasteiger partial charge in [-0.25, -0.2) is 4.79 Å². The van der Waals surface area contributed by atoms with E-state index in [2.05, 4.69) is 16.6 Å². The molecule has 0 radical (unpaired) electrons. The Morgan fingerprint density at radius 2 is 1.45 bits per heavy atom. The molecule has 5 rings (SSSR count). The van der Waals surface area contributed by atoms with E-state index in [1.165, 1.54) is 13.5 Å². The lowest BCUT2D eigenvalue weighted by atomic mass is 9.83. The van der Waals surface area contributed by atoms with Crippen molar-refractivity contribution in [3.63, 3.8) is 0 Å². The number of rotatable bonds is 10. The van der Waals surface area contributed by atoms with Crippen molar-refractivity contribution in [1.82, 2.24) is 4.57 Å². The minimum atomic E-state index is -0.712. The number of nitrogens with zero attached hydrogens (tertiary/aromatic N) is 2. The summed E-state index contributed by atoms with van der Waals surface area (Å²) in [6, 6.07) is 19.5. The molecule has 0 atom stereocenters. The Balaban J connectivity index is 1.51. The third-order valence-corrected chi connectivity index (χ3v) is 8.01. The second kappa shape index (κ2) is 12.9. The maximum atomic E-state index is 13.7. The summed E-state index contributed by atoms with van der Waals surface area (Å²) in [5.41, 5.74) is 3.16. The fourth-order valence-electron chi connectivity index (χ4n) is 5.75. The van der Waals surface area contributed by atoms with E-state index in [0.29, 0.717) is 17.7 Å². The second-order valence-electron chi connectivity index (χ2n) is 10.6. The topological polar surface area (TPSA) is 104 Å². The number of benzene rings is 3. The maximum absolute atomic E-state index is 13.7. The van der Waals surface area contributed by atoms with Crippen LogP contribution in [0.25, 0.3) is 21.8 Å². The van der Waals surface area contributed by atoms with E-state index in [-0.39, 0.29) is 35.8 Å². The first-order valence-corrected chi connectivity index (χ1v) is 14.5. The molecule has 1 aliphatic carbocycles. The van der Waals surface area contributed by atoms with Crippen molar-refractivity contribution >= 4 is 51.0 Å². The predicted octanol–water partition coefficient (Wildman–Crippen LogP) is 6.93. The average Bonchev–Trinajstić information content (AvgIpc) is 3.36. The SMILES string of the molecule is CCn1c2ccc(C(=O)C(CCC(=O)OC)=NOC(=O)c3ccccc3)cc2c2cc(C(=O)C3CCCCC3)ccc21. The average molecular weight is 567 g/mol. The summed E-state index contributed by atoms with van der Waals surface area (Å²) in [6.45, 7) is 2.77. The van der Waals surface area contributed by atoms with E-state index in [9.17, 15) is 19.2 Å². The highest BCUT2D eigenvalue weighted by Crippen LogP contribution is 2.33. The number of aromatic nitrogens is 1. The van der Waals surface area contributed by atoms with E-state index >= 15 is 0 Å². The van der Waals surface area contributed by atoms with Crippen molar-refractivity contribution in [2.24, 2.45) is 11.1 Å². The summed E-state index contributed by atoms with van der Waals surface area (Å²) in [6.07, 6.45) is 5.03. The molecule has 1 aliphatic rings. The molecule has 1 aromatic heterocycles. The maximum Gasteiger partial charge on any atom is 0.365 e. The summed E-state index contributed by atoms with van der Waals surface area (Å²) >= 11 is 0. The van der Waals surface area contributed by atoms with Crippen LogP contribution in [0, 0.1) is 5.92 Å². The number of oxime groups is 1. The zero-order valence-electron chi connectivity index (χ0n) is 23.9. The van der Waals surface area contributed by atoms with Crippen molar-refractivity contribution in [2.75, 3.05) is 7.11 Å². The minimum Gasteiger partial charge on any atom is -0.469 e. The van der Waals surface area contributed by atoms with Gasteiger partial charge in [0, 0.05) is 51.8 Å². The van der Waals surface area contributed by atoms with Crippen molar-refractivity contribution in [1.29, 1.82) is 0 Å². The van der Waals surface area contributed by atoms with Crippen LogP contribution < -0.4 is 0 Å². The molecule has 0 amide bonds. The first-order chi connectivity index (χ1) is 20.4.